The zero-order valence-corrected chi connectivity index (χ0v) is 21.1. The van der Waals surface area contributed by atoms with E-state index in [2.05, 4.69) is 10.3 Å². The summed E-state index contributed by atoms with van der Waals surface area (Å²) in [6, 6.07) is 7.95. The molecule has 1 aliphatic carbocycles. The minimum atomic E-state index is -4.61. The molecule has 2 atom stereocenters. The number of nitrogens with zero attached hydrogens (tertiary/aromatic N) is 1. The van der Waals surface area contributed by atoms with Crippen molar-refractivity contribution in [3.63, 3.8) is 0 Å². The molecule has 6 nitrogen and oxygen atoms in total. The van der Waals surface area contributed by atoms with E-state index >= 15 is 0 Å². The molecule has 0 aromatic heterocycles. The van der Waals surface area contributed by atoms with Gasteiger partial charge in [0.15, 0.2) is 17.3 Å². The molecule has 2 aliphatic heterocycles. The molecular weight excluding hydrogens is 509 g/mol. The van der Waals surface area contributed by atoms with E-state index in [4.69, 9.17) is 21.1 Å². The van der Waals surface area contributed by atoms with Crippen LogP contribution in [0, 0.1) is 11.3 Å². The third-order valence-electron chi connectivity index (χ3n) is 6.89. The molecule has 5 rings (SSSR count). The molecule has 10 heteroatoms. The second-order valence-electron chi connectivity index (χ2n) is 10.3. The fourth-order valence-corrected chi connectivity index (χ4v) is 5.42. The summed E-state index contributed by atoms with van der Waals surface area (Å²) in [5.74, 6) is -1.37. The van der Waals surface area contributed by atoms with Crippen LogP contribution in [0.15, 0.2) is 52.7 Å². The molecule has 0 saturated carbocycles. The first-order valence-corrected chi connectivity index (χ1v) is 12.1. The molecule has 1 amide bonds. The van der Waals surface area contributed by atoms with Crippen LogP contribution in [0.2, 0.25) is 5.02 Å². The van der Waals surface area contributed by atoms with Crippen molar-refractivity contribution in [2.75, 3.05) is 12.1 Å². The molecule has 3 aliphatic rings. The monoisotopic (exact) mass is 532 g/mol. The van der Waals surface area contributed by atoms with Crippen molar-refractivity contribution >= 4 is 34.7 Å². The van der Waals surface area contributed by atoms with Gasteiger partial charge in [-0.3, -0.25) is 14.6 Å². The topological polar surface area (TPSA) is 77.0 Å². The zero-order valence-electron chi connectivity index (χ0n) is 20.3. The number of carbonyl (C=O) groups is 2. The van der Waals surface area contributed by atoms with Gasteiger partial charge in [-0.15, -0.1) is 0 Å². The number of Topliss-reactive ketones (excluding diaryl/α,β-unsaturated/α-hetero) is 1. The number of carbonyl (C=O) groups excluding carboxylic acids is 2. The highest BCUT2D eigenvalue weighted by Crippen LogP contribution is 2.49. The maximum absolute atomic E-state index is 13.7. The molecule has 1 unspecified atom stereocenters. The number of amides is 1. The number of allylic oxidation sites excluding steroid dienone is 2. The number of alkyl halides is 3. The van der Waals surface area contributed by atoms with Gasteiger partial charge in [0, 0.05) is 29.3 Å². The number of anilines is 1. The quantitative estimate of drug-likeness (QED) is 0.486. The molecule has 0 fully saturated rings. The third kappa shape index (κ3) is 4.72. The van der Waals surface area contributed by atoms with Gasteiger partial charge < -0.3 is 14.8 Å². The van der Waals surface area contributed by atoms with Crippen molar-refractivity contribution in [2.45, 2.75) is 45.7 Å². The fourth-order valence-electron chi connectivity index (χ4n) is 5.26. The number of aliphatic imine (C=N–C) groups is 1. The zero-order chi connectivity index (χ0) is 26.7. The van der Waals surface area contributed by atoms with Gasteiger partial charge in [0.25, 0.3) is 0 Å². The second-order valence-corrected chi connectivity index (χ2v) is 10.7. The second kappa shape index (κ2) is 8.90. The van der Waals surface area contributed by atoms with Crippen LogP contribution < -0.4 is 14.8 Å². The average Bonchev–Trinajstić information content (AvgIpc) is 3.25. The molecule has 0 bridgehead atoms. The van der Waals surface area contributed by atoms with Crippen LogP contribution in [0.25, 0.3) is 0 Å². The molecule has 37 heavy (non-hydrogen) atoms. The molecule has 0 radical (unpaired) electrons. The number of halogens is 4. The van der Waals surface area contributed by atoms with Crippen LogP contribution in [0.5, 0.6) is 11.5 Å². The van der Waals surface area contributed by atoms with Gasteiger partial charge in [0.1, 0.15) is 0 Å². The van der Waals surface area contributed by atoms with Gasteiger partial charge in [-0.2, -0.15) is 13.2 Å². The lowest BCUT2D eigenvalue weighted by molar-refractivity contribution is -0.137. The Balaban J connectivity index is 1.59. The Bertz CT molecular complexity index is 1380. The molecule has 0 spiro atoms. The number of nitrogens with one attached hydrogen (secondary N) is 1. The lowest BCUT2D eigenvalue weighted by Gasteiger charge is -2.39. The molecule has 2 aromatic rings. The van der Waals surface area contributed by atoms with E-state index in [1.807, 2.05) is 13.8 Å². The van der Waals surface area contributed by atoms with Crippen LogP contribution in [0.4, 0.5) is 18.9 Å². The first-order valence-electron chi connectivity index (χ1n) is 11.7. The third-order valence-corrected chi connectivity index (χ3v) is 7.22. The van der Waals surface area contributed by atoms with Gasteiger partial charge in [-0.25, -0.2) is 0 Å². The fraction of sp³-hybridized carbons (Fsp3) is 0.370. The lowest BCUT2D eigenvalue weighted by atomic mass is 9.66. The van der Waals surface area contributed by atoms with E-state index in [0.29, 0.717) is 40.5 Å². The molecule has 2 heterocycles. The van der Waals surface area contributed by atoms with Crippen LogP contribution in [0.3, 0.4) is 0 Å². The first-order chi connectivity index (χ1) is 17.3. The highest BCUT2D eigenvalue weighted by atomic mass is 35.5. The van der Waals surface area contributed by atoms with Crippen molar-refractivity contribution in [2.24, 2.45) is 16.3 Å². The predicted molar refractivity (Wildman–Crippen MR) is 132 cm³/mol. The van der Waals surface area contributed by atoms with Crippen LogP contribution in [-0.2, 0) is 15.8 Å². The molecular formula is C27H24ClF3N2O4. The van der Waals surface area contributed by atoms with E-state index in [1.54, 1.807) is 25.1 Å². The number of fused-ring (bicyclic) bond motifs is 1. The van der Waals surface area contributed by atoms with Crippen LogP contribution >= 0.6 is 11.6 Å². The predicted octanol–water partition coefficient (Wildman–Crippen LogP) is 6.54. The van der Waals surface area contributed by atoms with Gasteiger partial charge in [0.05, 0.1) is 22.2 Å². The highest BCUT2D eigenvalue weighted by Gasteiger charge is 2.46. The van der Waals surface area contributed by atoms with Gasteiger partial charge in [-0.05, 0) is 54.7 Å². The minimum absolute atomic E-state index is 0.0400. The molecule has 194 valence electrons. The highest BCUT2D eigenvalue weighted by molar-refractivity contribution is 6.34. The van der Waals surface area contributed by atoms with Crippen molar-refractivity contribution in [1.82, 2.24) is 0 Å². The van der Waals surface area contributed by atoms with Crippen LogP contribution in [-0.4, -0.2) is 24.2 Å². The number of ether oxygens (including phenoxy) is 2. The Hall–Kier alpha value is -3.33. The summed E-state index contributed by atoms with van der Waals surface area (Å²) < 4.78 is 50.8. The normalized spacial score (nSPS) is 22.5. The first kappa shape index (κ1) is 25.3. The molecule has 1 N–H and O–H groups in total. The maximum atomic E-state index is 13.7. The smallest absolute Gasteiger partial charge is 0.416 e. The standard InChI is InChI=1S/C27H24ClF3N2O4/c1-13-22(25(35)33-17-9-15(27(29,30)31)5-6-16(17)28)23(14-4-7-20-21(8-14)37-12-36-20)24-18(32-13)10-26(2,3)11-19(24)34/h4-9,22-23H,10-12H2,1-3H3,(H,33,35)/t22?,23-/m0/s1. The number of hydrogen-bond acceptors (Lipinski definition) is 5. The number of benzene rings is 2. The lowest BCUT2D eigenvalue weighted by Crippen LogP contribution is -2.41. The largest absolute Gasteiger partial charge is 0.454 e. The Kier molecular flexibility index (Phi) is 6.09. The molecule has 2 aromatic carbocycles. The number of rotatable bonds is 3. The summed E-state index contributed by atoms with van der Waals surface area (Å²) >= 11 is 6.14. The van der Waals surface area contributed by atoms with Crippen molar-refractivity contribution < 1.29 is 32.2 Å². The van der Waals surface area contributed by atoms with Crippen molar-refractivity contribution in [3.05, 3.63) is 63.8 Å². The Morgan fingerprint density at radius 2 is 1.84 bits per heavy atom. The number of ketones is 1. The Labute approximate surface area is 216 Å². The van der Waals surface area contributed by atoms with Gasteiger partial charge in [0.2, 0.25) is 12.7 Å². The van der Waals surface area contributed by atoms with E-state index in [9.17, 15) is 22.8 Å². The Morgan fingerprint density at radius 1 is 1.11 bits per heavy atom. The maximum Gasteiger partial charge on any atom is 0.416 e. The van der Waals surface area contributed by atoms with E-state index in [-0.39, 0.29) is 35.1 Å². The number of hydrogen-bond donors (Lipinski definition) is 1. The summed E-state index contributed by atoms with van der Waals surface area (Å²) in [5, 5.41) is 2.52. The van der Waals surface area contributed by atoms with Crippen molar-refractivity contribution in [3.8, 4) is 11.5 Å². The van der Waals surface area contributed by atoms with E-state index < -0.39 is 29.5 Å². The summed E-state index contributed by atoms with van der Waals surface area (Å²) in [6.45, 7) is 5.73. The van der Waals surface area contributed by atoms with Crippen molar-refractivity contribution in [1.29, 1.82) is 0 Å². The summed E-state index contributed by atoms with van der Waals surface area (Å²) in [7, 11) is 0. The minimum Gasteiger partial charge on any atom is -0.454 e. The van der Waals surface area contributed by atoms with E-state index in [0.717, 1.165) is 18.2 Å². The molecule has 0 saturated heterocycles. The summed E-state index contributed by atoms with van der Waals surface area (Å²) in [4.78, 5) is 31.8. The SMILES string of the molecule is CC1=NC2=C(C(=O)CC(C)(C)C2)[C@@H](c2ccc3c(c2)OCO3)C1C(=O)Nc1cc(C(F)(F)F)ccc1Cl. The summed E-state index contributed by atoms with van der Waals surface area (Å²) in [6.07, 6.45) is -3.77. The Morgan fingerprint density at radius 3 is 2.57 bits per heavy atom. The average molecular weight is 533 g/mol. The van der Waals surface area contributed by atoms with Crippen LogP contribution in [0.1, 0.15) is 50.7 Å². The van der Waals surface area contributed by atoms with Gasteiger partial charge >= 0.3 is 6.18 Å². The summed E-state index contributed by atoms with van der Waals surface area (Å²) in [5.41, 5.74) is 0.765. The van der Waals surface area contributed by atoms with E-state index in [1.165, 1.54) is 0 Å². The van der Waals surface area contributed by atoms with Gasteiger partial charge in [-0.1, -0.05) is 31.5 Å².